The summed E-state index contributed by atoms with van der Waals surface area (Å²) < 4.78 is 0. The normalized spacial score (nSPS) is 26.1. The fourth-order valence-electron chi connectivity index (χ4n) is 5.40. The number of unbranched alkanes of at least 4 members (excludes halogenated alkanes) is 1. The van der Waals surface area contributed by atoms with Gasteiger partial charge in [-0.3, -0.25) is 10.1 Å². The van der Waals surface area contributed by atoms with Gasteiger partial charge in [-0.15, -0.1) is 0 Å². The average Bonchev–Trinajstić information content (AvgIpc) is 2.92. The summed E-state index contributed by atoms with van der Waals surface area (Å²) in [4.78, 5) is 30.1. The Morgan fingerprint density at radius 2 is 1.69 bits per heavy atom. The summed E-state index contributed by atoms with van der Waals surface area (Å²) in [5.41, 5.74) is -0.650. The maximum atomic E-state index is 13.4. The van der Waals surface area contributed by atoms with Gasteiger partial charge in [0.05, 0.1) is 5.54 Å². The Kier molecular flexibility index (Phi) is 7.30. The van der Waals surface area contributed by atoms with Crippen LogP contribution in [0.15, 0.2) is 0 Å². The molecule has 7 nitrogen and oxygen atoms in total. The smallest absolute Gasteiger partial charge is 0.333 e. The van der Waals surface area contributed by atoms with E-state index < -0.39 is 17.7 Å². The second kappa shape index (κ2) is 9.54. The Labute approximate surface area is 175 Å². The average molecular weight is 409 g/mol. The summed E-state index contributed by atoms with van der Waals surface area (Å²) in [7, 11) is 0. The van der Waals surface area contributed by atoms with E-state index in [0.717, 1.165) is 69.3 Å². The molecule has 3 fully saturated rings. The number of hydrogen-bond acceptors (Lipinski definition) is 3. The van der Waals surface area contributed by atoms with Crippen molar-refractivity contribution in [2.45, 2.75) is 122 Å². The van der Waals surface area contributed by atoms with Crippen LogP contribution < -0.4 is 5.32 Å². The highest BCUT2D eigenvalue weighted by atomic mass is 16.5. The van der Waals surface area contributed by atoms with Crippen LogP contribution in [0.5, 0.6) is 0 Å². The summed E-state index contributed by atoms with van der Waals surface area (Å²) >= 11 is 0. The molecule has 1 saturated heterocycles. The molecule has 7 heteroatoms. The highest BCUT2D eigenvalue weighted by Gasteiger charge is 2.57. The summed E-state index contributed by atoms with van der Waals surface area (Å²) in [6.07, 6.45) is 11.9. The van der Waals surface area contributed by atoms with E-state index in [2.05, 4.69) is 12.2 Å². The van der Waals surface area contributed by atoms with Gasteiger partial charge in [0.25, 0.3) is 0 Å². The number of urea groups is 2. The molecule has 0 spiro atoms. The van der Waals surface area contributed by atoms with Crippen molar-refractivity contribution in [3.8, 4) is 0 Å². The van der Waals surface area contributed by atoms with Crippen molar-refractivity contribution in [1.82, 2.24) is 20.2 Å². The zero-order valence-corrected chi connectivity index (χ0v) is 18.5. The zero-order valence-electron chi connectivity index (χ0n) is 18.5. The van der Waals surface area contributed by atoms with Gasteiger partial charge in [0, 0.05) is 18.6 Å². The molecular weight excluding hydrogens is 368 g/mol. The molecule has 4 amide bonds. The quantitative estimate of drug-likeness (QED) is 0.494. The van der Waals surface area contributed by atoms with E-state index in [0.29, 0.717) is 6.54 Å². The molecule has 2 saturated carbocycles. The third kappa shape index (κ3) is 4.65. The van der Waals surface area contributed by atoms with Crippen LogP contribution in [0.3, 0.4) is 0 Å². The molecule has 1 unspecified atom stereocenters. The Morgan fingerprint density at radius 3 is 2.28 bits per heavy atom. The predicted octanol–water partition coefficient (Wildman–Crippen LogP) is 4.70. The van der Waals surface area contributed by atoms with Crippen LogP contribution in [-0.2, 0) is 0 Å². The van der Waals surface area contributed by atoms with Crippen molar-refractivity contribution in [2.24, 2.45) is 0 Å². The van der Waals surface area contributed by atoms with Crippen molar-refractivity contribution < 1.29 is 14.8 Å². The van der Waals surface area contributed by atoms with Gasteiger partial charge < -0.3 is 10.2 Å². The van der Waals surface area contributed by atoms with Gasteiger partial charge in [0.1, 0.15) is 0 Å². The van der Waals surface area contributed by atoms with Crippen molar-refractivity contribution in [3.63, 3.8) is 0 Å². The Morgan fingerprint density at radius 1 is 1.10 bits per heavy atom. The van der Waals surface area contributed by atoms with E-state index in [1.165, 1.54) is 12.8 Å². The van der Waals surface area contributed by atoms with Gasteiger partial charge in [-0.25, -0.2) is 9.59 Å². The first-order chi connectivity index (χ1) is 13.9. The minimum Gasteiger partial charge on any atom is -0.333 e. The number of nitrogens with one attached hydrogen (secondary N) is 1. The highest BCUT2D eigenvalue weighted by molar-refractivity contribution is 5.81. The summed E-state index contributed by atoms with van der Waals surface area (Å²) in [5.74, 6) is 0. The van der Waals surface area contributed by atoms with Crippen LogP contribution in [0.4, 0.5) is 9.59 Å². The molecule has 2 N–H and O–H groups in total. The number of nitrogens with zero attached hydrogens (tertiary/aromatic N) is 3. The summed E-state index contributed by atoms with van der Waals surface area (Å²) in [6, 6.07) is -0.305. The van der Waals surface area contributed by atoms with Crippen LogP contribution in [-0.4, -0.2) is 62.5 Å². The van der Waals surface area contributed by atoms with Crippen LogP contribution in [0.1, 0.15) is 97.8 Å². The van der Waals surface area contributed by atoms with Crippen molar-refractivity contribution in [1.29, 1.82) is 0 Å². The molecule has 29 heavy (non-hydrogen) atoms. The molecule has 0 radical (unpaired) electrons. The highest BCUT2D eigenvalue weighted by Crippen LogP contribution is 2.39. The lowest BCUT2D eigenvalue weighted by atomic mass is 9.92. The first kappa shape index (κ1) is 22.2. The molecule has 166 valence electrons. The number of carbonyl (C=O) groups excluding carboxylic acids is 2. The van der Waals surface area contributed by atoms with Gasteiger partial charge in [-0.05, 0) is 46.0 Å². The van der Waals surface area contributed by atoms with Gasteiger partial charge >= 0.3 is 12.1 Å². The predicted molar refractivity (Wildman–Crippen MR) is 113 cm³/mol. The SMILES string of the molecule is CCCCN1C(=O)N(C2CCCCC2)C(N(O)C(=O)NC2CCCCC2)C1(C)C. The Balaban J connectivity index is 1.81. The first-order valence-electron chi connectivity index (χ1n) is 11.8. The number of hydroxylamine groups is 2. The fourth-order valence-corrected chi connectivity index (χ4v) is 5.40. The van der Waals surface area contributed by atoms with Gasteiger partial charge in [-0.2, -0.15) is 5.06 Å². The molecule has 0 aromatic heterocycles. The van der Waals surface area contributed by atoms with E-state index >= 15 is 0 Å². The maximum absolute atomic E-state index is 13.4. The lowest BCUT2D eigenvalue weighted by Gasteiger charge is -2.41. The van der Waals surface area contributed by atoms with Gasteiger partial charge in [0.15, 0.2) is 6.17 Å². The van der Waals surface area contributed by atoms with Crippen LogP contribution in [0.25, 0.3) is 0 Å². The zero-order chi connectivity index (χ0) is 21.0. The molecule has 1 atom stereocenters. The van der Waals surface area contributed by atoms with Gasteiger partial charge in [-0.1, -0.05) is 51.9 Å². The summed E-state index contributed by atoms with van der Waals surface area (Å²) in [6.45, 7) is 6.72. The van der Waals surface area contributed by atoms with E-state index in [9.17, 15) is 14.8 Å². The largest absolute Gasteiger partial charge is 0.343 e. The number of hydrogen-bond donors (Lipinski definition) is 2. The van der Waals surface area contributed by atoms with Crippen LogP contribution >= 0.6 is 0 Å². The van der Waals surface area contributed by atoms with E-state index in [-0.39, 0.29) is 18.1 Å². The molecule has 0 aromatic rings. The molecule has 2 aliphatic carbocycles. The van der Waals surface area contributed by atoms with Crippen LogP contribution in [0.2, 0.25) is 0 Å². The molecular formula is C22H40N4O3. The molecule has 0 bridgehead atoms. The van der Waals surface area contributed by atoms with Crippen molar-refractivity contribution in [2.75, 3.05) is 6.54 Å². The Hall–Kier alpha value is -1.50. The lowest BCUT2D eigenvalue weighted by Crippen LogP contribution is -2.61. The lowest BCUT2D eigenvalue weighted by molar-refractivity contribution is -0.141. The number of rotatable bonds is 6. The third-order valence-electron chi connectivity index (χ3n) is 7.12. The molecule has 3 rings (SSSR count). The second-order valence-corrected chi connectivity index (χ2v) is 9.64. The first-order valence-corrected chi connectivity index (χ1v) is 11.8. The molecule has 1 heterocycles. The van der Waals surface area contributed by atoms with Crippen molar-refractivity contribution in [3.05, 3.63) is 0 Å². The fraction of sp³-hybridized carbons (Fsp3) is 0.909. The van der Waals surface area contributed by atoms with E-state index in [4.69, 9.17) is 0 Å². The maximum Gasteiger partial charge on any atom is 0.343 e. The number of amides is 4. The van der Waals surface area contributed by atoms with E-state index in [1.54, 1.807) is 0 Å². The molecule has 1 aliphatic heterocycles. The minimum atomic E-state index is -0.668. The van der Waals surface area contributed by atoms with E-state index in [1.807, 2.05) is 23.6 Å². The molecule has 0 aromatic carbocycles. The van der Waals surface area contributed by atoms with Crippen molar-refractivity contribution >= 4 is 12.1 Å². The van der Waals surface area contributed by atoms with Gasteiger partial charge in [0.2, 0.25) is 0 Å². The summed E-state index contributed by atoms with van der Waals surface area (Å²) in [5, 5.41) is 14.9. The second-order valence-electron chi connectivity index (χ2n) is 9.64. The topological polar surface area (TPSA) is 76.1 Å². The van der Waals surface area contributed by atoms with Crippen LogP contribution in [0, 0.1) is 0 Å². The standard InChI is InChI=1S/C22H40N4O3/c1-4-5-16-24-21(28)25(18-14-10-7-11-15-18)19(22(24,2)3)26(29)20(27)23-17-12-8-6-9-13-17/h17-19,29H,4-16H2,1-3H3,(H,23,27). The monoisotopic (exact) mass is 408 g/mol. The Bertz CT molecular complexity index is 570. The molecule has 3 aliphatic rings. The third-order valence-corrected chi connectivity index (χ3v) is 7.12. The number of carbonyl (C=O) groups is 2. The minimum absolute atomic E-state index is 0.0372.